The molecule has 9 nitrogen and oxygen atoms in total. The molecule has 0 bridgehead atoms. The lowest BCUT2D eigenvalue weighted by atomic mass is 9.89. The van der Waals surface area contributed by atoms with Crippen molar-refractivity contribution in [3.05, 3.63) is 57.1 Å². The summed E-state index contributed by atoms with van der Waals surface area (Å²) in [5.74, 6) is -2.55. The second-order valence-corrected chi connectivity index (χ2v) is 12.3. The number of nitrogens with zero attached hydrogens (tertiary/aromatic N) is 2. The Balaban J connectivity index is 1.31. The van der Waals surface area contributed by atoms with Crippen LogP contribution in [0.15, 0.2) is 45.3 Å². The van der Waals surface area contributed by atoms with E-state index in [0.29, 0.717) is 15.0 Å². The van der Waals surface area contributed by atoms with Gasteiger partial charge in [0.2, 0.25) is 5.91 Å². The first kappa shape index (κ1) is 24.8. The van der Waals surface area contributed by atoms with E-state index in [0.717, 1.165) is 35.4 Å². The summed E-state index contributed by atoms with van der Waals surface area (Å²) >= 11 is 4.11. The number of nitrogens with one attached hydrogen (secondary N) is 1. The molecular weight excluding hydrogens is 522 g/mol. The average molecular weight is 546 g/mol. The normalized spacial score (nSPS) is 22.9. The summed E-state index contributed by atoms with van der Waals surface area (Å²) in [6, 6.07) is 8.43. The Morgan fingerprint density at radius 3 is 2.69 bits per heavy atom. The highest BCUT2D eigenvalue weighted by molar-refractivity contribution is 8.07. The van der Waals surface area contributed by atoms with Gasteiger partial charge in [0.15, 0.2) is 4.34 Å². The van der Waals surface area contributed by atoms with E-state index in [-0.39, 0.29) is 30.4 Å². The van der Waals surface area contributed by atoms with Crippen molar-refractivity contribution in [3.63, 3.8) is 0 Å². The van der Waals surface area contributed by atoms with Gasteiger partial charge in [0.1, 0.15) is 17.1 Å². The molecule has 5 rings (SSSR count). The second kappa shape index (κ2) is 10.3. The Kier molecular flexibility index (Phi) is 7.09. The number of aromatic nitrogens is 1. The van der Waals surface area contributed by atoms with Crippen LogP contribution in [0, 0.1) is 0 Å². The summed E-state index contributed by atoms with van der Waals surface area (Å²) in [5, 5.41) is 21.5. The molecule has 0 saturated carbocycles. The largest absolute Gasteiger partial charge is 0.481 e. The van der Waals surface area contributed by atoms with E-state index in [1.54, 1.807) is 0 Å². The number of hydrogen-bond donors (Lipinski definition) is 3. The van der Waals surface area contributed by atoms with Gasteiger partial charge in [-0.1, -0.05) is 42.1 Å². The SMILES string of the molecule is O=C(O)CC1CCCc2sc(SC3=C(C(=O)O)N4C(=O)[C@@H](NC(=O)Cc5ccccc5)[C@@H]4SC3)nc21. The van der Waals surface area contributed by atoms with Crippen molar-refractivity contribution in [2.75, 3.05) is 5.75 Å². The molecule has 2 aromatic rings. The maximum absolute atomic E-state index is 12.9. The zero-order valence-electron chi connectivity index (χ0n) is 19.0. The minimum absolute atomic E-state index is 0.0289. The van der Waals surface area contributed by atoms with E-state index in [2.05, 4.69) is 10.3 Å². The molecule has 3 N–H and O–H groups in total. The van der Waals surface area contributed by atoms with E-state index in [1.165, 1.54) is 39.8 Å². The minimum Gasteiger partial charge on any atom is -0.481 e. The molecule has 1 aromatic heterocycles. The fraction of sp³-hybridized carbons (Fsp3) is 0.375. The minimum atomic E-state index is -1.20. The van der Waals surface area contributed by atoms with Crippen LogP contribution < -0.4 is 5.32 Å². The number of benzene rings is 1. The first-order valence-electron chi connectivity index (χ1n) is 11.5. The highest BCUT2D eigenvalue weighted by atomic mass is 32.2. The highest BCUT2D eigenvalue weighted by Crippen LogP contribution is 2.47. The van der Waals surface area contributed by atoms with Gasteiger partial charge < -0.3 is 15.5 Å². The van der Waals surface area contributed by atoms with Crippen LogP contribution in [-0.2, 0) is 32.0 Å². The van der Waals surface area contributed by atoms with Gasteiger partial charge in [0.05, 0.1) is 18.5 Å². The Morgan fingerprint density at radius 2 is 1.97 bits per heavy atom. The first-order valence-corrected chi connectivity index (χ1v) is 14.1. The number of β-lactam (4-membered cyclic amide) rings is 1. The van der Waals surface area contributed by atoms with Crippen LogP contribution in [0.4, 0.5) is 0 Å². The smallest absolute Gasteiger partial charge is 0.353 e. The number of carbonyl (C=O) groups is 4. The molecule has 3 atom stereocenters. The van der Waals surface area contributed by atoms with Crippen molar-refractivity contribution in [2.45, 2.75) is 53.8 Å². The van der Waals surface area contributed by atoms with Gasteiger partial charge in [-0.05, 0) is 24.8 Å². The Hall–Kier alpha value is -2.83. The number of carbonyl (C=O) groups excluding carboxylic acids is 2. The molecule has 1 fully saturated rings. The van der Waals surface area contributed by atoms with Crippen LogP contribution in [0.25, 0.3) is 0 Å². The topological polar surface area (TPSA) is 137 Å². The quantitative estimate of drug-likeness (QED) is 0.428. The Labute approximate surface area is 219 Å². The van der Waals surface area contributed by atoms with Crippen LogP contribution in [-0.4, -0.2) is 61.0 Å². The molecule has 2 amide bonds. The number of thiazole rings is 1. The number of hydrogen-bond acceptors (Lipinski definition) is 8. The molecule has 2 aliphatic heterocycles. The fourth-order valence-electron chi connectivity index (χ4n) is 4.72. The average Bonchev–Trinajstić information content (AvgIpc) is 3.26. The van der Waals surface area contributed by atoms with Crippen LogP contribution in [0.3, 0.4) is 0 Å². The second-order valence-electron chi connectivity index (χ2n) is 8.77. The standard InChI is InChI=1S/C24H23N3O6S3/c28-16(9-12-5-2-1-3-6-12)25-19-21(31)27-20(23(32)33)15(11-34-22(19)27)36-24-26-18-13(10-17(29)30)7-4-8-14(18)35-24/h1-3,5-6,13,19,22H,4,7-11H2,(H,25,28)(H,29,30)(H,32,33)/t13?,19-,22+/m1/s1. The first-order chi connectivity index (χ1) is 17.3. The molecule has 3 heterocycles. The Morgan fingerprint density at radius 1 is 1.19 bits per heavy atom. The van der Waals surface area contributed by atoms with Crippen molar-refractivity contribution in [3.8, 4) is 0 Å². The van der Waals surface area contributed by atoms with E-state index in [1.807, 2.05) is 30.3 Å². The van der Waals surface area contributed by atoms with Crippen LogP contribution in [0.1, 0.15) is 41.3 Å². The van der Waals surface area contributed by atoms with Gasteiger partial charge in [-0.25, -0.2) is 9.78 Å². The van der Waals surface area contributed by atoms with E-state index < -0.39 is 29.3 Å². The van der Waals surface area contributed by atoms with E-state index in [9.17, 15) is 29.4 Å². The number of fused-ring (bicyclic) bond motifs is 2. The lowest BCUT2D eigenvalue weighted by Gasteiger charge is -2.49. The molecule has 0 spiro atoms. The summed E-state index contributed by atoms with van der Waals surface area (Å²) in [5.41, 5.74) is 1.56. The van der Waals surface area contributed by atoms with Crippen molar-refractivity contribution in [1.82, 2.24) is 15.2 Å². The predicted octanol–water partition coefficient (Wildman–Crippen LogP) is 3.07. The van der Waals surface area contributed by atoms with E-state index in [4.69, 9.17) is 0 Å². The van der Waals surface area contributed by atoms with Gasteiger partial charge in [0, 0.05) is 21.5 Å². The fourth-order valence-corrected chi connectivity index (χ4v) is 8.68. The van der Waals surface area contributed by atoms with Crippen molar-refractivity contribution >= 4 is 58.6 Å². The molecule has 1 aliphatic carbocycles. The number of carboxylic acid groups (broad SMARTS) is 2. The number of aryl methyl sites for hydroxylation is 1. The van der Waals surface area contributed by atoms with Crippen LogP contribution >= 0.6 is 34.9 Å². The van der Waals surface area contributed by atoms with Crippen molar-refractivity contribution < 1.29 is 29.4 Å². The third-order valence-corrected chi connectivity index (χ3v) is 10.1. The molecule has 36 heavy (non-hydrogen) atoms. The predicted molar refractivity (Wildman–Crippen MR) is 136 cm³/mol. The van der Waals surface area contributed by atoms with Gasteiger partial charge in [-0.2, -0.15) is 0 Å². The molecule has 1 saturated heterocycles. The summed E-state index contributed by atoms with van der Waals surface area (Å²) in [4.78, 5) is 56.3. The van der Waals surface area contributed by atoms with Gasteiger partial charge >= 0.3 is 11.9 Å². The maximum atomic E-state index is 12.9. The molecule has 1 unspecified atom stereocenters. The zero-order chi connectivity index (χ0) is 25.4. The zero-order valence-corrected chi connectivity index (χ0v) is 21.5. The van der Waals surface area contributed by atoms with Crippen molar-refractivity contribution in [1.29, 1.82) is 0 Å². The number of thioether (sulfide) groups is 2. The monoisotopic (exact) mass is 545 g/mol. The molecule has 3 aliphatic rings. The summed E-state index contributed by atoms with van der Waals surface area (Å²) in [6.45, 7) is 0. The molecule has 0 radical (unpaired) electrons. The highest BCUT2D eigenvalue weighted by Gasteiger charge is 2.54. The van der Waals surface area contributed by atoms with Gasteiger partial charge in [-0.15, -0.1) is 23.1 Å². The lowest BCUT2D eigenvalue weighted by molar-refractivity contribution is -0.150. The molecule has 188 valence electrons. The Bertz CT molecular complexity index is 1260. The third-order valence-electron chi connectivity index (χ3n) is 6.34. The number of amides is 2. The van der Waals surface area contributed by atoms with Crippen molar-refractivity contribution in [2.24, 2.45) is 0 Å². The van der Waals surface area contributed by atoms with E-state index >= 15 is 0 Å². The molecular formula is C24H23N3O6S3. The summed E-state index contributed by atoms with van der Waals surface area (Å²) < 4.78 is 0.658. The maximum Gasteiger partial charge on any atom is 0.353 e. The number of rotatable bonds is 8. The summed E-state index contributed by atoms with van der Waals surface area (Å²) in [6.07, 6.45) is 2.68. The molecule has 12 heteroatoms. The van der Waals surface area contributed by atoms with Crippen LogP contribution in [0.2, 0.25) is 0 Å². The summed E-state index contributed by atoms with van der Waals surface area (Å²) in [7, 11) is 0. The number of aliphatic carboxylic acids is 2. The van der Waals surface area contributed by atoms with Crippen LogP contribution in [0.5, 0.6) is 0 Å². The van der Waals surface area contributed by atoms with Gasteiger partial charge in [0.25, 0.3) is 5.91 Å². The molecule has 1 aromatic carbocycles. The number of carboxylic acids is 2. The lowest BCUT2D eigenvalue weighted by Crippen LogP contribution is -2.70. The third kappa shape index (κ3) is 4.89. The van der Waals surface area contributed by atoms with Gasteiger partial charge in [-0.3, -0.25) is 19.3 Å².